The number of piperazine rings is 1. The number of hydrogen-bond acceptors (Lipinski definition) is 4. The van der Waals surface area contributed by atoms with Gasteiger partial charge in [0.2, 0.25) is 0 Å². The number of benzene rings is 2. The number of para-hydroxylation sites is 1. The van der Waals surface area contributed by atoms with Crippen molar-refractivity contribution in [3.63, 3.8) is 0 Å². The highest BCUT2D eigenvalue weighted by atomic mass is 15.3. The van der Waals surface area contributed by atoms with Crippen molar-refractivity contribution in [2.75, 3.05) is 42.5 Å². The summed E-state index contributed by atoms with van der Waals surface area (Å²) in [6.07, 6.45) is 10.6. The van der Waals surface area contributed by atoms with Gasteiger partial charge in [0.15, 0.2) is 0 Å². The van der Waals surface area contributed by atoms with E-state index in [1.165, 1.54) is 22.3 Å². The minimum atomic E-state index is 0.886. The standard InChI is InChI=1S/C25H26N4/c1-3-9-21(10-4-1)20-27-15-17-29(18-16-27)25-22-11-5-6-12-23(22)26-19-24(25)28-13-7-2-8-14-28/h1-13,19H,14-18,20H2. The van der Waals surface area contributed by atoms with E-state index < -0.39 is 0 Å². The van der Waals surface area contributed by atoms with Crippen LogP contribution in [0, 0.1) is 0 Å². The number of fused-ring (bicyclic) bond motifs is 1. The summed E-state index contributed by atoms with van der Waals surface area (Å²) in [6, 6.07) is 19.3. The lowest BCUT2D eigenvalue weighted by Crippen LogP contribution is -2.46. The highest BCUT2D eigenvalue weighted by molar-refractivity contribution is 5.98. The van der Waals surface area contributed by atoms with Gasteiger partial charge in [0, 0.05) is 50.9 Å². The van der Waals surface area contributed by atoms with Crippen molar-refractivity contribution in [3.05, 3.63) is 90.8 Å². The molecule has 0 unspecified atom stereocenters. The van der Waals surface area contributed by atoms with Gasteiger partial charge in [-0.1, -0.05) is 60.7 Å². The fraction of sp³-hybridized carbons (Fsp3) is 0.240. The molecule has 0 saturated carbocycles. The van der Waals surface area contributed by atoms with E-state index in [9.17, 15) is 0 Å². The lowest BCUT2D eigenvalue weighted by atomic mass is 10.1. The van der Waals surface area contributed by atoms with Crippen molar-refractivity contribution in [2.24, 2.45) is 0 Å². The molecule has 5 rings (SSSR count). The summed E-state index contributed by atoms with van der Waals surface area (Å²) in [5.74, 6) is 0. The van der Waals surface area contributed by atoms with Crippen LogP contribution >= 0.6 is 0 Å². The van der Waals surface area contributed by atoms with Gasteiger partial charge in [-0.3, -0.25) is 9.88 Å². The third kappa shape index (κ3) is 3.76. The lowest BCUT2D eigenvalue weighted by Gasteiger charge is -2.38. The van der Waals surface area contributed by atoms with Gasteiger partial charge in [-0.15, -0.1) is 0 Å². The second-order valence-corrected chi connectivity index (χ2v) is 7.68. The van der Waals surface area contributed by atoms with E-state index in [4.69, 9.17) is 4.98 Å². The van der Waals surface area contributed by atoms with Gasteiger partial charge in [-0.05, 0) is 17.7 Å². The molecule has 0 spiro atoms. The molecule has 1 saturated heterocycles. The van der Waals surface area contributed by atoms with Gasteiger partial charge in [-0.25, -0.2) is 0 Å². The zero-order valence-electron chi connectivity index (χ0n) is 16.6. The highest BCUT2D eigenvalue weighted by Crippen LogP contribution is 2.37. The molecular weight excluding hydrogens is 356 g/mol. The second-order valence-electron chi connectivity index (χ2n) is 7.68. The van der Waals surface area contributed by atoms with Gasteiger partial charge in [-0.2, -0.15) is 0 Å². The smallest absolute Gasteiger partial charge is 0.0839 e. The topological polar surface area (TPSA) is 22.6 Å². The van der Waals surface area contributed by atoms with Gasteiger partial charge in [0.25, 0.3) is 0 Å². The van der Waals surface area contributed by atoms with Gasteiger partial charge >= 0.3 is 0 Å². The average Bonchev–Trinajstić information content (AvgIpc) is 2.80. The number of pyridine rings is 1. The Labute approximate surface area is 172 Å². The predicted octanol–water partition coefficient (Wildman–Crippen LogP) is 4.45. The van der Waals surface area contributed by atoms with E-state index in [-0.39, 0.29) is 0 Å². The molecule has 1 aromatic heterocycles. The molecule has 0 N–H and O–H groups in total. The van der Waals surface area contributed by atoms with Crippen LogP contribution in [0.2, 0.25) is 0 Å². The Hall–Kier alpha value is -3.11. The summed E-state index contributed by atoms with van der Waals surface area (Å²) >= 11 is 0. The number of anilines is 2. The SMILES string of the molecule is C1=CCN(c2cnc3ccccc3c2N2CCN(Cc3ccccc3)CC2)C=C1. The van der Waals surface area contributed by atoms with Crippen molar-refractivity contribution in [1.82, 2.24) is 9.88 Å². The summed E-state index contributed by atoms with van der Waals surface area (Å²) in [6.45, 7) is 6.11. The van der Waals surface area contributed by atoms with Crippen LogP contribution in [-0.2, 0) is 6.54 Å². The minimum Gasteiger partial charge on any atom is -0.367 e. The van der Waals surface area contributed by atoms with Crippen molar-refractivity contribution < 1.29 is 0 Å². The Bertz CT molecular complexity index is 1030. The van der Waals surface area contributed by atoms with Crippen LogP contribution in [0.3, 0.4) is 0 Å². The molecule has 0 amide bonds. The van der Waals surface area contributed by atoms with Crippen molar-refractivity contribution in [3.8, 4) is 0 Å². The molecule has 146 valence electrons. The first-order valence-electron chi connectivity index (χ1n) is 10.4. The average molecular weight is 383 g/mol. The summed E-state index contributed by atoms with van der Waals surface area (Å²) in [7, 11) is 0. The first-order valence-corrected chi connectivity index (χ1v) is 10.4. The van der Waals surface area contributed by atoms with Crippen molar-refractivity contribution in [2.45, 2.75) is 6.54 Å². The fourth-order valence-electron chi connectivity index (χ4n) is 4.28. The third-order valence-corrected chi connectivity index (χ3v) is 5.79. The van der Waals surface area contributed by atoms with E-state index in [1.54, 1.807) is 0 Å². The third-order valence-electron chi connectivity index (χ3n) is 5.79. The number of allylic oxidation sites excluding steroid dienone is 2. The minimum absolute atomic E-state index is 0.886. The molecular formula is C25H26N4. The Kier molecular flexibility index (Phi) is 5.01. The first-order chi connectivity index (χ1) is 14.4. The summed E-state index contributed by atoms with van der Waals surface area (Å²) in [5.41, 5.74) is 4.96. The van der Waals surface area contributed by atoms with Crippen LogP contribution in [0.1, 0.15) is 5.56 Å². The number of rotatable bonds is 4. The maximum Gasteiger partial charge on any atom is 0.0839 e. The molecule has 4 nitrogen and oxygen atoms in total. The molecule has 1 fully saturated rings. The zero-order chi connectivity index (χ0) is 19.5. The normalized spacial score (nSPS) is 17.2. The summed E-state index contributed by atoms with van der Waals surface area (Å²) in [4.78, 5) is 12.1. The summed E-state index contributed by atoms with van der Waals surface area (Å²) < 4.78 is 0. The highest BCUT2D eigenvalue weighted by Gasteiger charge is 2.23. The van der Waals surface area contributed by atoms with Crippen molar-refractivity contribution >= 4 is 22.3 Å². The molecule has 2 aliphatic heterocycles. The largest absolute Gasteiger partial charge is 0.367 e. The molecule has 0 aliphatic carbocycles. The molecule has 0 bridgehead atoms. The number of hydrogen-bond donors (Lipinski definition) is 0. The van der Waals surface area contributed by atoms with Crippen LogP contribution < -0.4 is 9.80 Å². The van der Waals surface area contributed by atoms with E-state index in [2.05, 4.69) is 93.7 Å². The molecule has 3 heterocycles. The van der Waals surface area contributed by atoms with Crippen LogP contribution in [0.4, 0.5) is 11.4 Å². The Morgan fingerprint density at radius 1 is 0.828 bits per heavy atom. The number of aromatic nitrogens is 1. The molecule has 29 heavy (non-hydrogen) atoms. The molecule has 2 aliphatic rings. The number of nitrogens with zero attached hydrogens (tertiary/aromatic N) is 4. The Balaban J connectivity index is 1.42. The van der Waals surface area contributed by atoms with E-state index >= 15 is 0 Å². The van der Waals surface area contributed by atoms with E-state index in [1.807, 2.05) is 6.20 Å². The second kappa shape index (κ2) is 8.10. The van der Waals surface area contributed by atoms with Crippen LogP contribution in [0.15, 0.2) is 85.2 Å². The monoisotopic (exact) mass is 382 g/mol. The first kappa shape index (κ1) is 18.0. The van der Waals surface area contributed by atoms with Crippen molar-refractivity contribution in [1.29, 1.82) is 0 Å². The fourth-order valence-corrected chi connectivity index (χ4v) is 4.28. The van der Waals surface area contributed by atoms with Crippen LogP contribution in [0.5, 0.6) is 0 Å². The van der Waals surface area contributed by atoms with E-state index in [0.29, 0.717) is 0 Å². The predicted molar refractivity (Wildman–Crippen MR) is 121 cm³/mol. The zero-order valence-corrected chi connectivity index (χ0v) is 16.6. The van der Waals surface area contributed by atoms with Gasteiger partial charge in [0.1, 0.15) is 0 Å². The Morgan fingerprint density at radius 2 is 1.62 bits per heavy atom. The molecule has 3 aromatic rings. The molecule has 2 aromatic carbocycles. The Morgan fingerprint density at radius 3 is 2.41 bits per heavy atom. The molecule has 0 atom stereocenters. The van der Waals surface area contributed by atoms with Crippen LogP contribution in [-0.4, -0.2) is 42.6 Å². The summed E-state index contributed by atoms with van der Waals surface area (Å²) in [5, 5.41) is 1.24. The maximum absolute atomic E-state index is 4.75. The lowest BCUT2D eigenvalue weighted by molar-refractivity contribution is 0.250. The van der Waals surface area contributed by atoms with Crippen LogP contribution in [0.25, 0.3) is 10.9 Å². The quantitative estimate of drug-likeness (QED) is 0.665. The van der Waals surface area contributed by atoms with Gasteiger partial charge < -0.3 is 9.80 Å². The van der Waals surface area contributed by atoms with Gasteiger partial charge in [0.05, 0.1) is 23.1 Å². The maximum atomic E-state index is 4.75. The van der Waals surface area contributed by atoms with E-state index in [0.717, 1.165) is 44.8 Å². The molecule has 4 heteroatoms. The molecule has 0 radical (unpaired) electrons.